The molecule has 0 spiro atoms. The summed E-state index contributed by atoms with van der Waals surface area (Å²) >= 11 is 6.69. The highest BCUT2D eigenvalue weighted by Crippen LogP contribution is 2.37. The van der Waals surface area contributed by atoms with Crippen LogP contribution in [0.3, 0.4) is 0 Å². The van der Waals surface area contributed by atoms with Crippen molar-refractivity contribution in [2.24, 2.45) is 0 Å². The lowest BCUT2D eigenvalue weighted by molar-refractivity contribution is -0.122. The summed E-state index contributed by atoms with van der Waals surface area (Å²) < 4.78 is 19.0. The van der Waals surface area contributed by atoms with Gasteiger partial charge in [-0.15, -0.1) is 0 Å². The number of aromatic nitrogens is 2. The van der Waals surface area contributed by atoms with Gasteiger partial charge in [0.15, 0.2) is 17.1 Å². The van der Waals surface area contributed by atoms with Crippen LogP contribution >= 0.6 is 24.0 Å². The van der Waals surface area contributed by atoms with Crippen LogP contribution in [0.4, 0.5) is 0 Å². The third-order valence-corrected chi connectivity index (χ3v) is 6.78. The van der Waals surface area contributed by atoms with E-state index in [1.54, 1.807) is 23.8 Å². The van der Waals surface area contributed by atoms with Crippen molar-refractivity contribution in [1.82, 2.24) is 14.7 Å². The number of rotatable bonds is 7. The van der Waals surface area contributed by atoms with Crippen molar-refractivity contribution in [2.75, 3.05) is 27.4 Å². The molecule has 9 heteroatoms. The van der Waals surface area contributed by atoms with Gasteiger partial charge < -0.3 is 13.9 Å². The number of methoxy groups -OCH3 is 2. The number of ether oxygens (including phenoxy) is 2. The number of fused-ring (bicyclic) bond motifs is 1. The zero-order valence-electron chi connectivity index (χ0n) is 18.6. The van der Waals surface area contributed by atoms with E-state index in [2.05, 4.69) is 0 Å². The van der Waals surface area contributed by atoms with E-state index in [9.17, 15) is 4.79 Å². The van der Waals surface area contributed by atoms with Gasteiger partial charge in [-0.2, -0.15) is 5.10 Å². The molecule has 0 unspecified atom stereocenters. The summed E-state index contributed by atoms with van der Waals surface area (Å²) in [6, 6.07) is 17.4. The number of para-hydroxylation sites is 2. The molecule has 1 amide bonds. The van der Waals surface area contributed by atoms with Crippen LogP contribution in [0.1, 0.15) is 5.56 Å². The van der Waals surface area contributed by atoms with Gasteiger partial charge >= 0.3 is 0 Å². The van der Waals surface area contributed by atoms with Crippen LogP contribution in [-0.4, -0.2) is 52.3 Å². The monoisotopic (exact) mass is 491 g/mol. The first-order valence-corrected chi connectivity index (χ1v) is 11.8. The molecule has 1 fully saturated rings. The highest BCUT2D eigenvalue weighted by Gasteiger charge is 2.32. The first kappa shape index (κ1) is 22.4. The Bertz CT molecular complexity index is 1410. The van der Waals surface area contributed by atoms with Gasteiger partial charge in [0.1, 0.15) is 10.0 Å². The van der Waals surface area contributed by atoms with Crippen molar-refractivity contribution in [3.05, 3.63) is 71.3 Å². The van der Waals surface area contributed by atoms with Gasteiger partial charge in [0.2, 0.25) is 0 Å². The Morgan fingerprint density at radius 2 is 1.97 bits per heavy atom. The smallest absolute Gasteiger partial charge is 0.266 e. The molecule has 2 aromatic carbocycles. The molecule has 0 bridgehead atoms. The van der Waals surface area contributed by atoms with E-state index in [4.69, 9.17) is 31.2 Å². The Balaban J connectivity index is 1.61. The fourth-order valence-electron chi connectivity index (χ4n) is 3.73. The SMILES string of the molecule is COCCN1C(=O)/C(=C/c2cn(-c3ccccc3)nc2-c2cc3cccc(OC)c3o2)SC1=S. The molecular weight excluding hydrogens is 470 g/mol. The number of furan rings is 1. The first-order valence-electron chi connectivity index (χ1n) is 10.6. The van der Waals surface area contributed by atoms with Gasteiger partial charge in [0, 0.05) is 24.3 Å². The van der Waals surface area contributed by atoms with E-state index in [0.717, 1.165) is 16.6 Å². The molecule has 0 atom stereocenters. The van der Waals surface area contributed by atoms with E-state index >= 15 is 0 Å². The molecule has 1 saturated heterocycles. The second-order valence-corrected chi connectivity index (χ2v) is 9.20. The molecule has 2 aromatic heterocycles. The summed E-state index contributed by atoms with van der Waals surface area (Å²) in [5, 5.41) is 5.71. The normalized spacial score (nSPS) is 15.1. The fraction of sp³-hybridized carbons (Fsp3) is 0.160. The molecule has 0 N–H and O–H groups in total. The van der Waals surface area contributed by atoms with E-state index in [1.165, 1.54) is 11.8 Å². The molecule has 172 valence electrons. The molecule has 1 aliphatic heterocycles. The molecule has 1 aliphatic rings. The molecule has 0 saturated carbocycles. The standard InChI is InChI=1S/C25H21N3O4S2/c1-30-12-11-27-24(29)21(34-25(27)33)14-17-15-28(18-8-4-3-5-9-18)26-22(17)20-13-16-7-6-10-19(31-2)23(16)32-20/h3-10,13-15H,11-12H2,1-2H3/b21-14-. The van der Waals surface area contributed by atoms with Crippen molar-refractivity contribution < 1.29 is 18.7 Å². The predicted molar refractivity (Wildman–Crippen MR) is 137 cm³/mol. The summed E-state index contributed by atoms with van der Waals surface area (Å²) in [5.41, 5.74) is 2.90. The summed E-state index contributed by atoms with van der Waals surface area (Å²) in [7, 11) is 3.21. The van der Waals surface area contributed by atoms with Gasteiger partial charge in [-0.3, -0.25) is 9.69 Å². The highest BCUT2D eigenvalue weighted by atomic mass is 32.2. The highest BCUT2D eigenvalue weighted by molar-refractivity contribution is 8.26. The summed E-state index contributed by atoms with van der Waals surface area (Å²) in [4.78, 5) is 15.1. The van der Waals surface area contributed by atoms with Crippen molar-refractivity contribution in [3.8, 4) is 22.9 Å². The van der Waals surface area contributed by atoms with Gasteiger partial charge in [-0.05, 0) is 30.3 Å². The average molecular weight is 492 g/mol. The molecule has 5 rings (SSSR count). The third-order valence-electron chi connectivity index (χ3n) is 5.40. The van der Waals surface area contributed by atoms with Crippen LogP contribution in [0, 0.1) is 0 Å². The van der Waals surface area contributed by atoms with Gasteiger partial charge in [0.05, 0.1) is 30.9 Å². The molecule has 0 aliphatic carbocycles. The Morgan fingerprint density at radius 3 is 2.74 bits per heavy atom. The maximum Gasteiger partial charge on any atom is 0.266 e. The minimum Gasteiger partial charge on any atom is -0.493 e. The summed E-state index contributed by atoms with van der Waals surface area (Å²) in [6.45, 7) is 0.829. The zero-order chi connectivity index (χ0) is 23.7. The third kappa shape index (κ3) is 4.13. The number of thiocarbonyl (C=S) groups is 1. The number of thioether (sulfide) groups is 1. The molecule has 0 radical (unpaired) electrons. The van der Waals surface area contributed by atoms with Crippen LogP contribution in [0.2, 0.25) is 0 Å². The predicted octanol–water partition coefficient (Wildman–Crippen LogP) is 5.14. The Labute approximate surface area is 205 Å². The molecule has 34 heavy (non-hydrogen) atoms. The Morgan fingerprint density at radius 1 is 1.15 bits per heavy atom. The molecule has 7 nitrogen and oxygen atoms in total. The van der Waals surface area contributed by atoms with Crippen LogP contribution in [0.5, 0.6) is 5.75 Å². The first-order chi connectivity index (χ1) is 16.6. The van der Waals surface area contributed by atoms with E-state index in [-0.39, 0.29) is 5.91 Å². The van der Waals surface area contributed by atoms with Crippen molar-refractivity contribution in [3.63, 3.8) is 0 Å². The van der Waals surface area contributed by atoms with Crippen LogP contribution in [0.25, 0.3) is 34.2 Å². The van der Waals surface area contributed by atoms with Crippen LogP contribution < -0.4 is 4.74 Å². The van der Waals surface area contributed by atoms with Crippen molar-refractivity contribution in [1.29, 1.82) is 0 Å². The van der Waals surface area contributed by atoms with Crippen LogP contribution in [0.15, 0.2) is 70.1 Å². The number of carbonyl (C=O) groups excluding carboxylic acids is 1. The summed E-state index contributed by atoms with van der Waals surface area (Å²) in [6.07, 6.45) is 3.70. The van der Waals surface area contributed by atoms with E-state index < -0.39 is 0 Å². The van der Waals surface area contributed by atoms with Gasteiger partial charge in [-0.25, -0.2) is 4.68 Å². The topological polar surface area (TPSA) is 69.7 Å². The maximum atomic E-state index is 13.0. The van der Waals surface area contributed by atoms with Gasteiger partial charge in [-0.1, -0.05) is 54.3 Å². The van der Waals surface area contributed by atoms with Gasteiger partial charge in [0.25, 0.3) is 5.91 Å². The molecule has 4 aromatic rings. The number of benzene rings is 2. The molecular formula is C25H21N3O4S2. The lowest BCUT2D eigenvalue weighted by atomic mass is 10.1. The Hall–Kier alpha value is -3.40. The lowest BCUT2D eigenvalue weighted by Crippen LogP contribution is -2.31. The second-order valence-electron chi connectivity index (χ2n) is 7.53. The minimum atomic E-state index is -0.142. The Kier molecular flexibility index (Phi) is 6.23. The van der Waals surface area contributed by atoms with Crippen molar-refractivity contribution in [2.45, 2.75) is 0 Å². The summed E-state index contributed by atoms with van der Waals surface area (Å²) in [5.74, 6) is 1.08. The van der Waals surface area contributed by atoms with Crippen LogP contribution in [-0.2, 0) is 9.53 Å². The second kappa shape index (κ2) is 9.46. The minimum absolute atomic E-state index is 0.142. The number of hydrogen-bond acceptors (Lipinski definition) is 7. The molecule has 3 heterocycles. The number of carbonyl (C=O) groups is 1. The average Bonchev–Trinajstić information content (AvgIpc) is 3.54. The zero-order valence-corrected chi connectivity index (χ0v) is 20.2. The number of amides is 1. The van der Waals surface area contributed by atoms with E-state index in [0.29, 0.717) is 45.2 Å². The van der Waals surface area contributed by atoms with E-state index in [1.807, 2.05) is 66.9 Å². The maximum absolute atomic E-state index is 13.0. The quantitative estimate of drug-likeness (QED) is 0.262. The fourth-order valence-corrected chi connectivity index (χ4v) is 5.03. The van der Waals surface area contributed by atoms with Crippen molar-refractivity contribution >= 4 is 51.3 Å². The lowest BCUT2D eigenvalue weighted by Gasteiger charge is -2.12. The number of nitrogens with zero attached hydrogens (tertiary/aromatic N) is 3. The number of hydrogen-bond donors (Lipinski definition) is 0. The largest absolute Gasteiger partial charge is 0.493 e.